The van der Waals surface area contributed by atoms with Gasteiger partial charge in [-0.3, -0.25) is 9.59 Å². The highest BCUT2D eigenvalue weighted by atomic mass is 16.3. The molecule has 4 N–H and O–H groups in total. The molecule has 0 fully saturated rings. The van der Waals surface area contributed by atoms with Crippen LogP contribution in [0.1, 0.15) is 31.1 Å². The molecule has 0 aliphatic rings. The van der Waals surface area contributed by atoms with Gasteiger partial charge in [0.25, 0.3) is 5.91 Å². The molecule has 6 nitrogen and oxygen atoms in total. The van der Waals surface area contributed by atoms with E-state index in [1.54, 1.807) is 0 Å². The van der Waals surface area contributed by atoms with Crippen molar-refractivity contribution in [3.63, 3.8) is 0 Å². The van der Waals surface area contributed by atoms with Gasteiger partial charge in [-0.25, -0.2) is 0 Å². The van der Waals surface area contributed by atoms with Crippen LogP contribution < -0.4 is 10.6 Å². The first-order valence-electron chi connectivity index (χ1n) is 5.95. The molecular formula is C13H18N2O4. The van der Waals surface area contributed by atoms with Gasteiger partial charge in [0.2, 0.25) is 5.91 Å². The Morgan fingerprint density at radius 2 is 1.74 bits per heavy atom. The molecule has 1 aromatic carbocycles. The van der Waals surface area contributed by atoms with E-state index in [4.69, 9.17) is 0 Å². The number of para-hydroxylation sites is 1. The fourth-order valence-corrected chi connectivity index (χ4v) is 1.46. The lowest BCUT2D eigenvalue weighted by Gasteiger charge is -2.16. The van der Waals surface area contributed by atoms with Gasteiger partial charge in [0.1, 0.15) is 6.04 Å². The molecule has 0 saturated heterocycles. The Bertz CT molecular complexity index is 486. The number of nitrogens with one attached hydrogen (secondary N) is 2. The molecule has 0 radical (unpaired) electrons. The number of carbonyl (C=O) groups excluding carboxylic acids is 2. The Labute approximate surface area is 111 Å². The van der Waals surface area contributed by atoms with Crippen molar-refractivity contribution in [2.24, 2.45) is 0 Å². The van der Waals surface area contributed by atoms with Crippen molar-refractivity contribution in [3.8, 4) is 11.5 Å². The zero-order chi connectivity index (χ0) is 14.6. The van der Waals surface area contributed by atoms with Crippen molar-refractivity contribution >= 4 is 11.8 Å². The fraction of sp³-hybridized carbons (Fsp3) is 0.385. The van der Waals surface area contributed by atoms with E-state index >= 15 is 0 Å². The quantitative estimate of drug-likeness (QED) is 0.604. The summed E-state index contributed by atoms with van der Waals surface area (Å²) in [7, 11) is 0. The first kappa shape index (κ1) is 14.8. The van der Waals surface area contributed by atoms with Gasteiger partial charge in [-0.1, -0.05) is 6.07 Å². The van der Waals surface area contributed by atoms with Gasteiger partial charge in [0, 0.05) is 6.04 Å². The second-order valence-corrected chi connectivity index (χ2v) is 4.53. The number of phenols is 2. The molecule has 2 amide bonds. The Balaban J connectivity index is 2.74. The molecule has 0 aromatic heterocycles. The van der Waals surface area contributed by atoms with Crippen LogP contribution in [0.25, 0.3) is 0 Å². The summed E-state index contributed by atoms with van der Waals surface area (Å²) in [5.74, 6) is -1.83. The molecule has 19 heavy (non-hydrogen) atoms. The molecule has 0 heterocycles. The molecule has 0 aliphatic carbocycles. The lowest BCUT2D eigenvalue weighted by atomic mass is 10.1. The number of phenolic OH excluding ortho intramolecular Hbond substituents is 2. The van der Waals surface area contributed by atoms with Crippen LogP contribution >= 0.6 is 0 Å². The zero-order valence-corrected chi connectivity index (χ0v) is 11.1. The molecule has 0 saturated carbocycles. The van der Waals surface area contributed by atoms with Crippen molar-refractivity contribution in [1.29, 1.82) is 0 Å². The number of carbonyl (C=O) groups is 2. The minimum absolute atomic E-state index is 0.0268. The van der Waals surface area contributed by atoms with E-state index in [1.807, 2.05) is 13.8 Å². The molecule has 6 heteroatoms. The van der Waals surface area contributed by atoms with Crippen LogP contribution in [-0.4, -0.2) is 34.1 Å². The normalized spacial score (nSPS) is 12.0. The van der Waals surface area contributed by atoms with Gasteiger partial charge >= 0.3 is 0 Å². The highest BCUT2D eigenvalue weighted by Crippen LogP contribution is 2.27. The summed E-state index contributed by atoms with van der Waals surface area (Å²) < 4.78 is 0. The van der Waals surface area contributed by atoms with Gasteiger partial charge < -0.3 is 20.8 Å². The maximum absolute atomic E-state index is 11.9. The maximum Gasteiger partial charge on any atom is 0.255 e. The summed E-state index contributed by atoms with van der Waals surface area (Å²) in [5.41, 5.74) is -0.0794. The van der Waals surface area contributed by atoms with Gasteiger partial charge in [-0.05, 0) is 32.9 Å². The predicted octanol–water partition coefficient (Wildman–Crippen LogP) is 0.741. The van der Waals surface area contributed by atoms with Crippen molar-refractivity contribution < 1.29 is 19.8 Å². The van der Waals surface area contributed by atoms with E-state index in [-0.39, 0.29) is 23.3 Å². The Morgan fingerprint density at radius 3 is 2.32 bits per heavy atom. The summed E-state index contributed by atoms with van der Waals surface area (Å²) in [6.07, 6.45) is 0. The summed E-state index contributed by atoms with van der Waals surface area (Å²) in [5, 5.41) is 24.0. The topological polar surface area (TPSA) is 98.7 Å². The Kier molecular flexibility index (Phi) is 4.74. The first-order valence-corrected chi connectivity index (χ1v) is 5.95. The van der Waals surface area contributed by atoms with Crippen LogP contribution in [0.15, 0.2) is 18.2 Å². The average Bonchev–Trinajstić information content (AvgIpc) is 2.31. The summed E-state index contributed by atoms with van der Waals surface area (Å²) in [4.78, 5) is 23.5. The lowest BCUT2D eigenvalue weighted by Crippen LogP contribution is -2.46. The van der Waals surface area contributed by atoms with Crippen LogP contribution in [0.5, 0.6) is 11.5 Å². The van der Waals surface area contributed by atoms with E-state index in [0.29, 0.717) is 0 Å². The average molecular weight is 266 g/mol. The molecule has 1 rings (SSSR count). The van der Waals surface area contributed by atoms with Crippen molar-refractivity contribution in [2.75, 3.05) is 0 Å². The van der Waals surface area contributed by atoms with Crippen molar-refractivity contribution in [2.45, 2.75) is 32.9 Å². The third-order valence-corrected chi connectivity index (χ3v) is 2.43. The molecule has 0 aliphatic heterocycles. The number of rotatable bonds is 4. The van der Waals surface area contributed by atoms with Crippen LogP contribution in [0, 0.1) is 0 Å². The van der Waals surface area contributed by atoms with Gasteiger partial charge in [0.15, 0.2) is 11.5 Å². The second kappa shape index (κ2) is 6.08. The summed E-state index contributed by atoms with van der Waals surface area (Å²) in [6, 6.07) is 3.29. The van der Waals surface area contributed by atoms with Crippen molar-refractivity contribution in [1.82, 2.24) is 10.6 Å². The maximum atomic E-state index is 11.9. The fourth-order valence-electron chi connectivity index (χ4n) is 1.46. The van der Waals surface area contributed by atoms with Crippen molar-refractivity contribution in [3.05, 3.63) is 23.8 Å². The standard InChI is InChI=1S/C13H18N2O4/c1-7(2)14-12(18)8(3)15-13(19)9-5-4-6-10(16)11(9)17/h4-8,16-17H,1-3H3,(H,14,18)(H,15,19). The summed E-state index contributed by atoms with van der Waals surface area (Å²) in [6.45, 7) is 5.16. The Hall–Kier alpha value is -2.24. The minimum Gasteiger partial charge on any atom is -0.504 e. The molecular weight excluding hydrogens is 248 g/mol. The number of benzene rings is 1. The zero-order valence-electron chi connectivity index (χ0n) is 11.1. The van der Waals surface area contributed by atoms with E-state index in [0.717, 1.165) is 0 Å². The van der Waals surface area contributed by atoms with Crippen LogP contribution in [0.2, 0.25) is 0 Å². The highest BCUT2D eigenvalue weighted by molar-refractivity contribution is 6.00. The highest BCUT2D eigenvalue weighted by Gasteiger charge is 2.19. The number of hydrogen-bond acceptors (Lipinski definition) is 4. The SMILES string of the molecule is CC(C)NC(=O)C(C)NC(=O)c1cccc(O)c1O. The molecule has 1 aromatic rings. The molecule has 104 valence electrons. The van der Waals surface area contributed by atoms with E-state index in [2.05, 4.69) is 10.6 Å². The second-order valence-electron chi connectivity index (χ2n) is 4.53. The lowest BCUT2D eigenvalue weighted by molar-refractivity contribution is -0.123. The van der Waals surface area contributed by atoms with Crippen LogP contribution in [0.4, 0.5) is 0 Å². The number of hydrogen-bond donors (Lipinski definition) is 4. The third kappa shape index (κ3) is 3.87. The third-order valence-electron chi connectivity index (χ3n) is 2.43. The monoisotopic (exact) mass is 266 g/mol. The van der Waals surface area contributed by atoms with Gasteiger partial charge in [-0.2, -0.15) is 0 Å². The minimum atomic E-state index is -0.739. The molecule has 1 atom stereocenters. The van der Waals surface area contributed by atoms with E-state index in [9.17, 15) is 19.8 Å². The number of amides is 2. The smallest absolute Gasteiger partial charge is 0.255 e. The largest absolute Gasteiger partial charge is 0.504 e. The van der Waals surface area contributed by atoms with E-state index in [1.165, 1.54) is 25.1 Å². The van der Waals surface area contributed by atoms with E-state index < -0.39 is 17.7 Å². The van der Waals surface area contributed by atoms with Gasteiger partial charge in [-0.15, -0.1) is 0 Å². The van der Waals surface area contributed by atoms with Gasteiger partial charge in [0.05, 0.1) is 5.56 Å². The van der Waals surface area contributed by atoms with Crippen LogP contribution in [-0.2, 0) is 4.79 Å². The first-order chi connectivity index (χ1) is 8.82. The predicted molar refractivity (Wildman–Crippen MR) is 70.0 cm³/mol. The Morgan fingerprint density at radius 1 is 1.11 bits per heavy atom. The number of aromatic hydroxyl groups is 2. The molecule has 0 bridgehead atoms. The molecule has 0 spiro atoms. The van der Waals surface area contributed by atoms with Crippen LogP contribution in [0.3, 0.4) is 0 Å². The summed E-state index contributed by atoms with van der Waals surface area (Å²) >= 11 is 0. The molecule has 1 unspecified atom stereocenters.